The highest BCUT2D eigenvalue weighted by molar-refractivity contribution is 6.20. The van der Waals surface area contributed by atoms with E-state index in [1.54, 1.807) is 0 Å². The Morgan fingerprint density at radius 1 is 0.408 bits per heavy atom. The minimum Gasteiger partial charge on any atom is -0.455 e. The highest BCUT2D eigenvalue weighted by Crippen LogP contribution is 2.65. The van der Waals surface area contributed by atoms with Crippen molar-refractivity contribution in [2.75, 3.05) is 4.90 Å². The molecule has 2 nitrogen and oxygen atoms in total. The van der Waals surface area contributed by atoms with Gasteiger partial charge in [0, 0.05) is 22.0 Å². The molecule has 2 aliphatic rings. The molecular weight excluding hydrogens is 595 g/mol. The average Bonchev–Trinajstić information content (AvgIpc) is 3.81. The fourth-order valence-corrected chi connectivity index (χ4v) is 9.03. The van der Waals surface area contributed by atoms with Crippen LogP contribution in [0.2, 0.25) is 0 Å². The number of hydrogen-bond donors (Lipinski definition) is 0. The lowest BCUT2D eigenvalue weighted by Gasteiger charge is -2.36. The summed E-state index contributed by atoms with van der Waals surface area (Å²) in [5, 5.41) is 4.53. The third kappa shape index (κ3) is 3.40. The minimum atomic E-state index is -0.481. The number of rotatable bonds is 3. The summed E-state index contributed by atoms with van der Waals surface area (Å²) in [6.45, 7) is 0. The number of benzene rings is 8. The number of nitrogens with zero attached hydrogens (tertiary/aromatic N) is 1. The molecule has 0 fully saturated rings. The molecule has 0 bridgehead atoms. The summed E-state index contributed by atoms with van der Waals surface area (Å²) in [6.07, 6.45) is 0. The molecule has 1 aromatic heterocycles. The molecule has 2 aliphatic carbocycles. The smallest absolute Gasteiger partial charge is 0.143 e. The topological polar surface area (TPSA) is 16.4 Å². The van der Waals surface area contributed by atoms with Gasteiger partial charge in [-0.2, -0.15) is 0 Å². The highest BCUT2D eigenvalue weighted by atomic mass is 16.3. The molecule has 228 valence electrons. The summed E-state index contributed by atoms with van der Waals surface area (Å²) in [5.41, 5.74) is 15.2. The molecule has 2 heteroatoms. The summed E-state index contributed by atoms with van der Waals surface area (Å²) >= 11 is 0. The molecule has 0 saturated carbocycles. The summed E-state index contributed by atoms with van der Waals surface area (Å²) in [6, 6.07) is 64.2. The van der Waals surface area contributed by atoms with E-state index >= 15 is 0 Å². The Morgan fingerprint density at radius 3 is 1.71 bits per heavy atom. The molecule has 0 N–H and O–H groups in total. The van der Waals surface area contributed by atoms with Crippen molar-refractivity contribution < 1.29 is 4.42 Å². The van der Waals surface area contributed by atoms with E-state index in [0.29, 0.717) is 0 Å². The maximum atomic E-state index is 6.73. The van der Waals surface area contributed by atoms with E-state index in [1.807, 2.05) is 0 Å². The van der Waals surface area contributed by atoms with Crippen LogP contribution in [0.1, 0.15) is 22.3 Å². The molecule has 11 rings (SSSR count). The normalized spacial score (nSPS) is 13.5. The first kappa shape index (κ1) is 26.7. The molecule has 8 aromatic carbocycles. The van der Waals surface area contributed by atoms with Gasteiger partial charge in [-0.05, 0) is 80.7 Å². The van der Waals surface area contributed by atoms with Gasteiger partial charge < -0.3 is 9.32 Å². The van der Waals surface area contributed by atoms with E-state index in [2.05, 4.69) is 181 Å². The molecule has 9 aromatic rings. The Hall–Kier alpha value is -6.38. The van der Waals surface area contributed by atoms with Gasteiger partial charge in [-0.3, -0.25) is 0 Å². The molecule has 0 saturated heterocycles. The van der Waals surface area contributed by atoms with Crippen LogP contribution in [0, 0.1) is 0 Å². The van der Waals surface area contributed by atoms with Crippen LogP contribution in [-0.4, -0.2) is 0 Å². The van der Waals surface area contributed by atoms with Gasteiger partial charge in [0.15, 0.2) is 0 Å². The van der Waals surface area contributed by atoms with Gasteiger partial charge >= 0.3 is 0 Å². The van der Waals surface area contributed by atoms with Crippen molar-refractivity contribution >= 4 is 49.8 Å². The maximum absolute atomic E-state index is 6.73. The predicted molar refractivity (Wildman–Crippen MR) is 202 cm³/mol. The summed E-state index contributed by atoms with van der Waals surface area (Å²) in [5.74, 6) is 0. The van der Waals surface area contributed by atoms with Gasteiger partial charge in [-0.1, -0.05) is 140 Å². The van der Waals surface area contributed by atoms with Gasteiger partial charge in [0.1, 0.15) is 11.2 Å². The predicted octanol–water partition coefficient (Wildman–Crippen LogP) is 12.6. The van der Waals surface area contributed by atoms with Crippen molar-refractivity contribution in [3.05, 3.63) is 198 Å². The third-order valence-corrected chi connectivity index (χ3v) is 10.9. The van der Waals surface area contributed by atoms with Gasteiger partial charge in [-0.25, -0.2) is 0 Å². The zero-order valence-corrected chi connectivity index (χ0v) is 26.6. The standard InChI is InChI=1S/C47H29NO/c1-2-15-31(16-3-1)48(41-25-13-27-43-44(41)37-29-28-30-14-4-5-17-32(30)46(37)49-43)42-26-12-21-36-35-20-8-11-24-40(35)47(45(36)42)38-22-9-6-18-33(38)34-19-7-10-23-39(34)47/h1-29H. The van der Waals surface area contributed by atoms with Crippen molar-refractivity contribution in [3.63, 3.8) is 0 Å². The van der Waals surface area contributed by atoms with Gasteiger partial charge in [-0.15, -0.1) is 0 Å². The van der Waals surface area contributed by atoms with E-state index in [1.165, 1.54) is 49.9 Å². The lowest BCUT2D eigenvalue weighted by atomic mass is 9.70. The Balaban J connectivity index is 1.29. The second kappa shape index (κ2) is 9.82. The second-order valence-electron chi connectivity index (χ2n) is 13.2. The zero-order chi connectivity index (χ0) is 32.1. The van der Waals surface area contributed by atoms with E-state index in [-0.39, 0.29) is 0 Å². The molecule has 49 heavy (non-hydrogen) atoms. The Morgan fingerprint density at radius 2 is 0.980 bits per heavy atom. The van der Waals surface area contributed by atoms with Crippen LogP contribution in [-0.2, 0) is 5.41 Å². The van der Waals surface area contributed by atoms with Crippen molar-refractivity contribution in [1.29, 1.82) is 0 Å². The first-order chi connectivity index (χ1) is 24.3. The largest absolute Gasteiger partial charge is 0.455 e. The van der Waals surface area contributed by atoms with Crippen LogP contribution in [0.3, 0.4) is 0 Å². The van der Waals surface area contributed by atoms with Gasteiger partial charge in [0.05, 0.1) is 22.2 Å². The van der Waals surface area contributed by atoms with E-state index < -0.39 is 5.41 Å². The Kier molecular flexibility index (Phi) is 5.34. The monoisotopic (exact) mass is 623 g/mol. The fourth-order valence-electron chi connectivity index (χ4n) is 9.03. The van der Waals surface area contributed by atoms with Crippen molar-refractivity contribution in [2.45, 2.75) is 5.41 Å². The zero-order valence-electron chi connectivity index (χ0n) is 26.6. The molecular formula is C47H29NO. The molecule has 0 amide bonds. The Bertz CT molecular complexity index is 2730. The van der Waals surface area contributed by atoms with E-state index in [0.717, 1.165) is 44.4 Å². The van der Waals surface area contributed by atoms with Crippen LogP contribution >= 0.6 is 0 Å². The quantitative estimate of drug-likeness (QED) is 0.195. The molecule has 0 unspecified atom stereocenters. The van der Waals surface area contributed by atoms with Crippen molar-refractivity contribution in [2.24, 2.45) is 0 Å². The summed E-state index contributed by atoms with van der Waals surface area (Å²) in [4.78, 5) is 2.47. The van der Waals surface area contributed by atoms with Crippen molar-refractivity contribution in [3.8, 4) is 22.3 Å². The van der Waals surface area contributed by atoms with Crippen LogP contribution in [0.5, 0.6) is 0 Å². The minimum absolute atomic E-state index is 0.481. The summed E-state index contributed by atoms with van der Waals surface area (Å²) < 4.78 is 6.73. The molecule has 0 aliphatic heterocycles. The number of anilines is 3. The third-order valence-electron chi connectivity index (χ3n) is 10.9. The SMILES string of the molecule is c1ccc(N(c2cccc3c2C2(c4ccccc4-c4ccccc42)c2ccccc2-3)c2cccc3oc4c5ccccc5ccc4c23)cc1. The van der Waals surface area contributed by atoms with E-state index in [9.17, 15) is 0 Å². The molecule has 0 atom stereocenters. The van der Waals surface area contributed by atoms with E-state index in [4.69, 9.17) is 4.42 Å². The molecule has 1 spiro atoms. The van der Waals surface area contributed by atoms with Crippen LogP contribution in [0.25, 0.3) is 55.0 Å². The average molecular weight is 624 g/mol. The summed E-state index contributed by atoms with van der Waals surface area (Å²) in [7, 11) is 0. The number of furan rings is 1. The van der Waals surface area contributed by atoms with Crippen LogP contribution in [0.15, 0.2) is 180 Å². The fraction of sp³-hybridized carbons (Fsp3) is 0.0213. The number of hydrogen-bond acceptors (Lipinski definition) is 2. The lowest BCUT2D eigenvalue weighted by molar-refractivity contribution is 0.672. The van der Waals surface area contributed by atoms with Gasteiger partial charge in [0.2, 0.25) is 0 Å². The first-order valence-corrected chi connectivity index (χ1v) is 16.9. The molecule has 1 heterocycles. The van der Waals surface area contributed by atoms with Crippen LogP contribution < -0.4 is 4.90 Å². The highest BCUT2D eigenvalue weighted by Gasteiger charge is 2.53. The second-order valence-corrected chi connectivity index (χ2v) is 13.2. The van der Waals surface area contributed by atoms with Gasteiger partial charge in [0.25, 0.3) is 0 Å². The molecule has 0 radical (unpaired) electrons. The maximum Gasteiger partial charge on any atom is 0.143 e. The number of fused-ring (bicyclic) bond motifs is 15. The number of para-hydroxylation sites is 1. The van der Waals surface area contributed by atoms with Crippen LogP contribution in [0.4, 0.5) is 17.1 Å². The van der Waals surface area contributed by atoms with Crippen molar-refractivity contribution in [1.82, 2.24) is 0 Å². The lowest BCUT2D eigenvalue weighted by Crippen LogP contribution is -2.28. The Labute approximate surface area is 284 Å². The first-order valence-electron chi connectivity index (χ1n) is 16.9.